The summed E-state index contributed by atoms with van der Waals surface area (Å²) in [6.07, 6.45) is 6.42. The Bertz CT molecular complexity index is 373. The van der Waals surface area contributed by atoms with Crippen LogP contribution in [0.25, 0.3) is 0 Å². The molecule has 1 saturated carbocycles. The van der Waals surface area contributed by atoms with Crippen LogP contribution in [0.4, 0.5) is 0 Å². The molecule has 0 radical (unpaired) electrons. The Morgan fingerprint density at radius 2 is 2.17 bits per heavy atom. The maximum Gasteiger partial charge on any atom is 0.0962 e. The molecule has 0 spiro atoms. The molecule has 1 aliphatic rings. The molecule has 1 aromatic rings. The second kappa shape index (κ2) is 6.67. The highest BCUT2D eigenvalue weighted by Gasteiger charge is 2.26. The molecule has 102 valence electrons. The monoisotopic (exact) mass is 266 g/mol. The first-order valence-electron chi connectivity index (χ1n) is 7.43. The third-order valence-corrected chi connectivity index (χ3v) is 5.12. The Morgan fingerprint density at radius 1 is 1.33 bits per heavy atom. The number of thiazole rings is 1. The van der Waals surface area contributed by atoms with E-state index in [1.54, 1.807) is 0 Å². The maximum absolute atomic E-state index is 4.95. The summed E-state index contributed by atoms with van der Waals surface area (Å²) >= 11 is 1.97. The number of hydrogen-bond acceptors (Lipinski definition) is 3. The maximum atomic E-state index is 4.95. The van der Waals surface area contributed by atoms with E-state index in [0.29, 0.717) is 0 Å². The van der Waals surface area contributed by atoms with Crippen LogP contribution < -0.4 is 5.32 Å². The summed E-state index contributed by atoms with van der Waals surface area (Å²) in [4.78, 5) is 6.43. The fourth-order valence-corrected chi connectivity index (χ4v) is 4.05. The summed E-state index contributed by atoms with van der Waals surface area (Å²) in [5.41, 5.74) is 1.36. The minimum Gasteiger partial charge on any atom is -0.312 e. The van der Waals surface area contributed by atoms with Crippen molar-refractivity contribution in [2.75, 3.05) is 6.54 Å². The lowest BCUT2D eigenvalue weighted by molar-refractivity contribution is 0.595. The SMILES string of the molecule is CCCc1nc(C2CCC(C)C2)sc1CNCC. The Hall–Kier alpha value is -0.410. The zero-order valence-electron chi connectivity index (χ0n) is 12.0. The zero-order valence-corrected chi connectivity index (χ0v) is 12.8. The van der Waals surface area contributed by atoms with Gasteiger partial charge in [-0.3, -0.25) is 0 Å². The van der Waals surface area contributed by atoms with Gasteiger partial charge in [-0.1, -0.05) is 33.6 Å². The highest BCUT2D eigenvalue weighted by atomic mass is 32.1. The van der Waals surface area contributed by atoms with Gasteiger partial charge in [0.05, 0.1) is 10.7 Å². The average molecular weight is 266 g/mol. The van der Waals surface area contributed by atoms with Gasteiger partial charge in [-0.2, -0.15) is 0 Å². The van der Waals surface area contributed by atoms with Crippen molar-refractivity contribution >= 4 is 11.3 Å². The second-order valence-corrected chi connectivity index (χ2v) is 6.68. The molecule has 1 aromatic heterocycles. The summed E-state index contributed by atoms with van der Waals surface area (Å²) in [6.45, 7) is 8.83. The highest BCUT2D eigenvalue weighted by molar-refractivity contribution is 7.11. The predicted octanol–water partition coefficient (Wildman–Crippen LogP) is 4.11. The Morgan fingerprint density at radius 3 is 2.78 bits per heavy atom. The molecule has 1 N–H and O–H groups in total. The van der Waals surface area contributed by atoms with E-state index in [2.05, 4.69) is 26.1 Å². The molecule has 18 heavy (non-hydrogen) atoms. The van der Waals surface area contributed by atoms with Crippen molar-refractivity contribution in [3.63, 3.8) is 0 Å². The van der Waals surface area contributed by atoms with Gasteiger partial charge in [0.15, 0.2) is 0 Å². The molecule has 2 rings (SSSR count). The van der Waals surface area contributed by atoms with E-state index in [1.807, 2.05) is 11.3 Å². The molecule has 2 unspecified atom stereocenters. The number of nitrogens with one attached hydrogen (secondary N) is 1. The van der Waals surface area contributed by atoms with Crippen LogP contribution in [0, 0.1) is 5.92 Å². The van der Waals surface area contributed by atoms with Crippen LogP contribution in [0.5, 0.6) is 0 Å². The number of aryl methyl sites for hydroxylation is 1. The van der Waals surface area contributed by atoms with Crippen molar-refractivity contribution in [1.29, 1.82) is 0 Å². The van der Waals surface area contributed by atoms with Gasteiger partial charge in [0.2, 0.25) is 0 Å². The molecule has 0 aromatic carbocycles. The minimum absolute atomic E-state index is 0.746. The van der Waals surface area contributed by atoms with Gasteiger partial charge in [0.25, 0.3) is 0 Å². The van der Waals surface area contributed by atoms with Gasteiger partial charge >= 0.3 is 0 Å². The van der Waals surface area contributed by atoms with E-state index in [9.17, 15) is 0 Å². The quantitative estimate of drug-likeness (QED) is 0.838. The summed E-state index contributed by atoms with van der Waals surface area (Å²) in [6, 6.07) is 0. The first kappa shape index (κ1) is 14.0. The van der Waals surface area contributed by atoms with Crippen LogP contribution in [0.1, 0.15) is 68.0 Å². The molecule has 2 atom stereocenters. The lowest BCUT2D eigenvalue weighted by atomic mass is 10.1. The molecule has 0 aliphatic heterocycles. The average Bonchev–Trinajstić information content (AvgIpc) is 2.94. The summed E-state index contributed by atoms with van der Waals surface area (Å²) in [5.74, 6) is 1.64. The molecule has 0 amide bonds. The summed E-state index contributed by atoms with van der Waals surface area (Å²) < 4.78 is 0. The molecule has 1 fully saturated rings. The van der Waals surface area contributed by atoms with E-state index in [0.717, 1.165) is 31.3 Å². The third-order valence-electron chi connectivity index (χ3n) is 3.86. The van der Waals surface area contributed by atoms with Gasteiger partial charge in [-0.25, -0.2) is 4.98 Å². The van der Waals surface area contributed by atoms with Crippen molar-refractivity contribution in [3.8, 4) is 0 Å². The van der Waals surface area contributed by atoms with E-state index < -0.39 is 0 Å². The van der Waals surface area contributed by atoms with Gasteiger partial charge in [-0.15, -0.1) is 11.3 Å². The number of rotatable bonds is 6. The highest BCUT2D eigenvalue weighted by Crippen LogP contribution is 2.40. The fraction of sp³-hybridized carbons (Fsp3) is 0.800. The molecule has 2 nitrogen and oxygen atoms in total. The Balaban J connectivity index is 2.10. The van der Waals surface area contributed by atoms with Crippen LogP contribution in [0.3, 0.4) is 0 Å². The third kappa shape index (κ3) is 3.33. The number of aromatic nitrogens is 1. The van der Waals surface area contributed by atoms with Crippen molar-refractivity contribution in [3.05, 3.63) is 15.6 Å². The zero-order chi connectivity index (χ0) is 13.0. The van der Waals surface area contributed by atoms with Crippen LogP contribution in [0.15, 0.2) is 0 Å². The van der Waals surface area contributed by atoms with Gasteiger partial charge in [-0.05, 0) is 31.7 Å². The lowest BCUT2D eigenvalue weighted by Gasteiger charge is -2.04. The van der Waals surface area contributed by atoms with Crippen molar-refractivity contribution in [1.82, 2.24) is 10.3 Å². The Kier molecular flexibility index (Phi) is 5.19. The van der Waals surface area contributed by atoms with Gasteiger partial charge in [0.1, 0.15) is 0 Å². The molecule has 3 heteroatoms. The van der Waals surface area contributed by atoms with Crippen molar-refractivity contribution < 1.29 is 0 Å². The van der Waals surface area contributed by atoms with Gasteiger partial charge < -0.3 is 5.32 Å². The summed E-state index contributed by atoms with van der Waals surface area (Å²) in [7, 11) is 0. The van der Waals surface area contributed by atoms with Gasteiger partial charge in [0, 0.05) is 17.3 Å². The molecular formula is C15H26N2S. The van der Waals surface area contributed by atoms with Crippen LogP contribution in [-0.4, -0.2) is 11.5 Å². The molecule has 0 bridgehead atoms. The van der Waals surface area contributed by atoms with Crippen LogP contribution in [-0.2, 0) is 13.0 Å². The van der Waals surface area contributed by atoms with Crippen LogP contribution >= 0.6 is 11.3 Å². The molecule has 1 aliphatic carbocycles. The molecular weight excluding hydrogens is 240 g/mol. The van der Waals surface area contributed by atoms with E-state index in [4.69, 9.17) is 4.98 Å². The van der Waals surface area contributed by atoms with E-state index in [1.165, 1.54) is 41.3 Å². The first-order valence-corrected chi connectivity index (χ1v) is 8.25. The smallest absolute Gasteiger partial charge is 0.0962 e. The standard InChI is InChI=1S/C15H26N2S/c1-4-6-13-14(10-16-5-2)18-15(17-13)12-8-7-11(3)9-12/h11-12,16H,4-10H2,1-3H3. The second-order valence-electron chi connectivity index (χ2n) is 5.57. The summed E-state index contributed by atoms with van der Waals surface area (Å²) in [5, 5.41) is 4.86. The largest absolute Gasteiger partial charge is 0.312 e. The minimum atomic E-state index is 0.746. The first-order chi connectivity index (χ1) is 8.74. The number of hydrogen-bond donors (Lipinski definition) is 1. The topological polar surface area (TPSA) is 24.9 Å². The molecule has 1 heterocycles. The van der Waals surface area contributed by atoms with Crippen LogP contribution in [0.2, 0.25) is 0 Å². The fourth-order valence-electron chi connectivity index (χ4n) is 2.82. The molecule has 0 saturated heterocycles. The van der Waals surface area contributed by atoms with Crippen molar-refractivity contribution in [2.45, 2.75) is 65.3 Å². The number of nitrogens with zero attached hydrogens (tertiary/aromatic N) is 1. The van der Waals surface area contributed by atoms with E-state index in [-0.39, 0.29) is 0 Å². The lowest BCUT2D eigenvalue weighted by Crippen LogP contribution is -2.11. The predicted molar refractivity (Wildman–Crippen MR) is 79.2 cm³/mol. The Labute approximate surface area is 115 Å². The van der Waals surface area contributed by atoms with Crippen molar-refractivity contribution in [2.24, 2.45) is 5.92 Å². The van der Waals surface area contributed by atoms with E-state index >= 15 is 0 Å². The normalized spacial score (nSPS) is 23.7.